The van der Waals surface area contributed by atoms with Crippen molar-refractivity contribution in [2.45, 2.75) is 25.7 Å². The van der Waals surface area contributed by atoms with Crippen molar-refractivity contribution in [2.75, 3.05) is 6.54 Å². The SMILES string of the molecule is N#CCCCCNC(=O)Cc1cccc(Br)c1. The van der Waals surface area contributed by atoms with Crippen molar-refractivity contribution in [1.82, 2.24) is 5.32 Å². The van der Waals surface area contributed by atoms with Gasteiger partial charge in [-0.25, -0.2) is 0 Å². The molecule has 0 spiro atoms. The molecule has 4 heteroatoms. The molecule has 0 aromatic heterocycles. The van der Waals surface area contributed by atoms with Crippen LogP contribution in [-0.4, -0.2) is 12.5 Å². The van der Waals surface area contributed by atoms with E-state index in [1.165, 1.54) is 0 Å². The molecular formula is C13H15BrN2O. The fourth-order valence-corrected chi connectivity index (χ4v) is 1.90. The summed E-state index contributed by atoms with van der Waals surface area (Å²) >= 11 is 3.37. The molecule has 90 valence electrons. The number of carbonyl (C=O) groups is 1. The van der Waals surface area contributed by atoms with Gasteiger partial charge in [0.25, 0.3) is 0 Å². The molecule has 0 fully saturated rings. The lowest BCUT2D eigenvalue weighted by atomic mass is 10.1. The minimum absolute atomic E-state index is 0.0278. The van der Waals surface area contributed by atoms with Crippen LogP contribution in [0.2, 0.25) is 0 Å². The lowest BCUT2D eigenvalue weighted by Gasteiger charge is -2.04. The second kappa shape index (κ2) is 7.86. The van der Waals surface area contributed by atoms with Gasteiger partial charge in [-0.1, -0.05) is 28.1 Å². The fourth-order valence-electron chi connectivity index (χ4n) is 1.45. The van der Waals surface area contributed by atoms with Crippen LogP contribution in [0, 0.1) is 11.3 Å². The average molecular weight is 295 g/mol. The number of unbranched alkanes of at least 4 members (excludes halogenated alkanes) is 2. The Bertz CT molecular complexity index is 412. The average Bonchev–Trinajstić information content (AvgIpc) is 2.29. The van der Waals surface area contributed by atoms with E-state index in [1.807, 2.05) is 24.3 Å². The Morgan fingerprint density at radius 3 is 2.94 bits per heavy atom. The van der Waals surface area contributed by atoms with E-state index in [4.69, 9.17) is 5.26 Å². The van der Waals surface area contributed by atoms with Crippen LogP contribution in [0.1, 0.15) is 24.8 Å². The molecule has 0 saturated heterocycles. The van der Waals surface area contributed by atoms with Crippen LogP contribution in [-0.2, 0) is 11.2 Å². The maximum absolute atomic E-state index is 11.6. The molecule has 3 nitrogen and oxygen atoms in total. The Kier molecular flexibility index (Phi) is 6.34. The quantitative estimate of drug-likeness (QED) is 0.820. The van der Waals surface area contributed by atoms with E-state index in [0.717, 1.165) is 22.9 Å². The van der Waals surface area contributed by atoms with Crippen molar-refractivity contribution < 1.29 is 4.79 Å². The van der Waals surface area contributed by atoms with Gasteiger partial charge in [0, 0.05) is 17.4 Å². The molecule has 0 bridgehead atoms. The summed E-state index contributed by atoms with van der Waals surface area (Å²) in [6.45, 7) is 0.647. The van der Waals surface area contributed by atoms with Crippen molar-refractivity contribution >= 4 is 21.8 Å². The summed E-state index contributed by atoms with van der Waals surface area (Å²) in [6.07, 6.45) is 2.66. The molecule has 0 aliphatic carbocycles. The molecule has 17 heavy (non-hydrogen) atoms. The summed E-state index contributed by atoms with van der Waals surface area (Å²) in [5, 5.41) is 11.2. The lowest BCUT2D eigenvalue weighted by Crippen LogP contribution is -2.26. The number of rotatable bonds is 6. The first-order valence-electron chi connectivity index (χ1n) is 5.60. The number of nitrogens with zero attached hydrogens (tertiary/aromatic N) is 1. The Balaban J connectivity index is 2.23. The molecule has 1 amide bonds. The van der Waals surface area contributed by atoms with Crippen molar-refractivity contribution in [2.24, 2.45) is 0 Å². The van der Waals surface area contributed by atoms with Crippen LogP contribution in [0.3, 0.4) is 0 Å². The minimum Gasteiger partial charge on any atom is -0.356 e. The first kappa shape index (κ1) is 13.7. The molecule has 0 unspecified atom stereocenters. The third-order valence-electron chi connectivity index (χ3n) is 2.29. The summed E-state index contributed by atoms with van der Waals surface area (Å²) < 4.78 is 0.983. The summed E-state index contributed by atoms with van der Waals surface area (Å²) in [5.41, 5.74) is 0.994. The highest BCUT2D eigenvalue weighted by molar-refractivity contribution is 9.10. The predicted molar refractivity (Wildman–Crippen MR) is 70.3 cm³/mol. The van der Waals surface area contributed by atoms with Gasteiger partial charge in [0.15, 0.2) is 0 Å². The third kappa shape index (κ3) is 6.08. The van der Waals surface area contributed by atoms with E-state index in [0.29, 0.717) is 19.4 Å². The van der Waals surface area contributed by atoms with E-state index >= 15 is 0 Å². The van der Waals surface area contributed by atoms with Crippen LogP contribution in [0.25, 0.3) is 0 Å². The van der Waals surface area contributed by atoms with E-state index in [9.17, 15) is 4.79 Å². The highest BCUT2D eigenvalue weighted by Crippen LogP contribution is 2.11. The van der Waals surface area contributed by atoms with Crippen LogP contribution >= 0.6 is 15.9 Å². The molecular weight excluding hydrogens is 280 g/mol. The summed E-state index contributed by atoms with van der Waals surface area (Å²) in [7, 11) is 0. The fraction of sp³-hybridized carbons (Fsp3) is 0.385. The number of carbonyl (C=O) groups excluding carboxylic acids is 1. The highest BCUT2D eigenvalue weighted by Gasteiger charge is 2.02. The molecule has 1 rings (SSSR count). The number of amides is 1. The first-order valence-corrected chi connectivity index (χ1v) is 6.40. The number of hydrogen-bond acceptors (Lipinski definition) is 2. The number of nitriles is 1. The topological polar surface area (TPSA) is 52.9 Å². The van der Waals surface area contributed by atoms with Crippen LogP contribution < -0.4 is 5.32 Å². The molecule has 0 saturated carbocycles. The van der Waals surface area contributed by atoms with Gasteiger partial charge >= 0.3 is 0 Å². The van der Waals surface area contributed by atoms with Crippen LogP contribution in [0.15, 0.2) is 28.7 Å². The van der Waals surface area contributed by atoms with Gasteiger partial charge in [-0.15, -0.1) is 0 Å². The van der Waals surface area contributed by atoms with Crippen LogP contribution in [0.5, 0.6) is 0 Å². The van der Waals surface area contributed by atoms with Gasteiger partial charge in [-0.2, -0.15) is 5.26 Å². The molecule has 1 aromatic carbocycles. The molecule has 0 aliphatic rings. The maximum Gasteiger partial charge on any atom is 0.224 e. The second-order valence-electron chi connectivity index (χ2n) is 3.77. The minimum atomic E-state index is 0.0278. The lowest BCUT2D eigenvalue weighted by molar-refractivity contribution is -0.120. The monoisotopic (exact) mass is 294 g/mol. The highest BCUT2D eigenvalue weighted by atomic mass is 79.9. The Morgan fingerprint density at radius 1 is 1.41 bits per heavy atom. The van der Waals surface area contributed by atoms with Gasteiger partial charge in [0.2, 0.25) is 5.91 Å². The van der Waals surface area contributed by atoms with Crippen molar-refractivity contribution in [3.05, 3.63) is 34.3 Å². The predicted octanol–water partition coefficient (Wildman–Crippen LogP) is 2.80. The van der Waals surface area contributed by atoms with Crippen molar-refractivity contribution in [1.29, 1.82) is 5.26 Å². The zero-order valence-electron chi connectivity index (χ0n) is 9.58. The number of nitrogens with one attached hydrogen (secondary N) is 1. The molecule has 0 radical (unpaired) electrons. The Morgan fingerprint density at radius 2 is 2.24 bits per heavy atom. The maximum atomic E-state index is 11.6. The molecule has 0 atom stereocenters. The summed E-state index contributed by atoms with van der Waals surface area (Å²) in [5.74, 6) is 0.0278. The Hall–Kier alpha value is -1.34. The first-order chi connectivity index (χ1) is 8.22. The van der Waals surface area contributed by atoms with E-state index < -0.39 is 0 Å². The second-order valence-corrected chi connectivity index (χ2v) is 4.69. The summed E-state index contributed by atoms with van der Waals surface area (Å²) in [4.78, 5) is 11.6. The van der Waals surface area contributed by atoms with Gasteiger partial charge in [-0.05, 0) is 30.5 Å². The van der Waals surface area contributed by atoms with E-state index in [2.05, 4.69) is 27.3 Å². The van der Waals surface area contributed by atoms with Crippen molar-refractivity contribution in [3.8, 4) is 6.07 Å². The van der Waals surface area contributed by atoms with E-state index in [1.54, 1.807) is 0 Å². The largest absolute Gasteiger partial charge is 0.356 e. The van der Waals surface area contributed by atoms with Crippen molar-refractivity contribution in [3.63, 3.8) is 0 Å². The zero-order chi connectivity index (χ0) is 12.5. The van der Waals surface area contributed by atoms with Gasteiger partial charge in [0.05, 0.1) is 12.5 Å². The molecule has 0 aliphatic heterocycles. The van der Waals surface area contributed by atoms with Crippen LogP contribution in [0.4, 0.5) is 0 Å². The smallest absolute Gasteiger partial charge is 0.224 e. The van der Waals surface area contributed by atoms with Gasteiger partial charge in [-0.3, -0.25) is 4.79 Å². The molecule has 1 N–H and O–H groups in total. The number of hydrogen-bond donors (Lipinski definition) is 1. The third-order valence-corrected chi connectivity index (χ3v) is 2.78. The molecule has 0 heterocycles. The normalized spacial score (nSPS) is 9.65. The number of halogens is 1. The zero-order valence-corrected chi connectivity index (χ0v) is 11.2. The molecule has 1 aromatic rings. The Labute approximate surface area is 110 Å². The van der Waals surface area contributed by atoms with Gasteiger partial charge < -0.3 is 5.32 Å². The number of benzene rings is 1. The van der Waals surface area contributed by atoms with E-state index in [-0.39, 0.29) is 5.91 Å². The summed E-state index contributed by atoms with van der Waals surface area (Å²) in [6, 6.07) is 9.80. The standard InChI is InChI=1S/C13H15BrN2O/c14-12-6-4-5-11(9-12)10-13(17)16-8-3-1-2-7-15/h4-6,9H,1-3,8,10H2,(H,16,17). The van der Waals surface area contributed by atoms with Gasteiger partial charge in [0.1, 0.15) is 0 Å².